The van der Waals surface area contributed by atoms with Gasteiger partial charge in [0.25, 0.3) is 0 Å². The number of carbonyl (C=O) groups excluding carboxylic acids is 1. The van der Waals surface area contributed by atoms with E-state index in [4.69, 9.17) is 15.7 Å². The maximum Gasteiger partial charge on any atom is 0.409 e. The van der Waals surface area contributed by atoms with Crippen LogP contribution in [0.1, 0.15) is 12.5 Å². The molecule has 0 aliphatic carbocycles. The summed E-state index contributed by atoms with van der Waals surface area (Å²) in [6.45, 7) is 4.98. The number of carbonyl (C=O) groups is 1. The highest BCUT2D eigenvalue weighted by Crippen LogP contribution is 2.17. The number of oxime groups is 1. The third-order valence-electron chi connectivity index (χ3n) is 3.44. The monoisotopic (exact) mass is 292 g/mol. The highest BCUT2D eigenvalue weighted by atomic mass is 16.6. The highest BCUT2D eigenvalue weighted by Gasteiger charge is 2.21. The standard InChI is InChI=1S/C14H20N4O3/c1-2-21-14(19)18-9-7-17(8-10-18)12-5-3-11(4-6-12)13(15)16-20/h3-6,20H,2,7-10H2,1H3,(H2,15,16). The molecule has 0 aromatic heterocycles. The average Bonchev–Trinajstić information content (AvgIpc) is 2.54. The number of nitrogens with zero attached hydrogens (tertiary/aromatic N) is 3. The van der Waals surface area contributed by atoms with Gasteiger partial charge in [0.05, 0.1) is 6.61 Å². The van der Waals surface area contributed by atoms with Gasteiger partial charge >= 0.3 is 6.09 Å². The number of hydrogen-bond acceptors (Lipinski definition) is 5. The lowest BCUT2D eigenvalue weighted by Gasteiger charge is -2.35. The van der Waals surface area contributed by atoms with Crippen molar-refractivity contribution < 1.29 is 14.7 Å². The first-order valence-electron chi connectivity index (χ1n) is 6.90. The van der Waals surface area contributed by atoms with Crippen molar-refractivity contribution in [2.75, 3.05) is 37.7 Å². The fraction of sp³-hybridized carbons (Fsp3) is 0.429. The van der Waals surface area contributed by atoms with Gasteiger partial charge in [-0.25, -0.2) is 4.79 Å². The number of benzene rings is 1. The van der Waals surface area contributed by atoms with E-state index in [2.05, 4.69) is 10.1 Å². The summed E-state index contributed by atoms with van der Waals surface area (Å²) in [5, 5.41) is 11.6. The molecule has 2 rings (SSSR count). The number of hydrogen-bond donors (Lipinski definition) is 2. The van der Waals surface area contributed by atoms with E-state index in [1.54, 1.807) is 11.8 Å². The number of ether oxygens (including phenoxy) is 1. The third kappa shape index (κ3) is 3.56. The summed E-state index contributed by atoms with van der Waals surface area (Å²) in [6.07, 6.45) is -0.251. The molecule has 1 aromatic rings. The van der Waals surface area contributed by atoms with Crippen LogP contribution in [0, 0.1) is 0 Å². The van der Waals surface area contributed by atoms with Gasteiger partial charge in [0, 0.05) is 37.4 Å². The van der Waals surface area contributed by atoms with Gasteiger partial charge in [-0.2, -0.15) is 0 Å². The number of amidine groups is 1. The van der Waals surface area contributed by atoms with Gasteiger partial charge in [-0.1, -0.05) is 5.16 Å². The number of nitrogens with two attached hydrogens (primary N) is 1. The smallest absolute Gasteiger partial charge is 0.409 e. The predicted molar refractivity (Wildman–Crippen MR) is 79.8 cm³/mol. The second-order valence-corrected chi connectivity index (χ2v) is 4.71. The lowest BCUT2D eigenvalue weighted by Crippen LogP contribution is -2.49. The van der Waals surface area contributed by atoms with E-state index in [0.717, 1.165) is 18.8 Å². The van der Waals surface area contributed by atoms with E-state index >= 15 is 0 Å². The maximum atomic E-state index is 11.6. The van der Waals surface area contributed by atoms with Gasteiger partial charge in [-0.15, -0.1) is 0 Å². The molecule has 3 N–H and O–H groups in total. The summed E-state index contributed by atoms with van der Waals surface area (Å²) >= 11 is 0. The van der Waals surface area contributed by atoms with Crippen LogP contribution in [0.4, 0.5) is 10.5 Å². The van der Waals surface area contributed by atoms with Gasteiger partial charge < -0.3 is 25.5 Å². The van der Waals surface area contributed by atoms with E-state index < -0.39 is 0 Å². The zero-order valence-corrected chi connectivity index (χ0v) is 12.0. The van der Waals surface area contributed by atoms with Crippen LogP contribution in [0.15, 0.2) is 29.4 Å². The molecule has 1 aliphatic heterocycles. The van der Waals surface area contributed by atoms with Crippen molar-refractivity contribution in [3.05, 3.63) is 29.8 Å². The number of piperazine rings is 1. The fourth-order valence-corrected chi connectivity index (χ4v) is 2.26. The molecule has 1 saturated heterocycles. The Kier molecular flexibility index (Phi) is 4.86. The van der Waals surface area contributed by atoms with Crippen LogP contribution in [-0.2, 0) is 4.74 Å². The molecule has 1 aromatic carbocycles. The molecule has 7 heteroatoms. The van der Waals surface area contributed by atoms with Crippen molar-refractivity contribution in [1.29, 1.82) is 0 Å². The van der Waals surface area contributed by atoms with Crippen molar-refractivity contribution in [2.24, 2.45) is 10.9 Å². The molecule has 21 heavy (non-hydrogen) atoms. The Morgan fingerprint density at radius 1 is 1.29 bits per heavy atom. The van der Waals surface area contributed by atoms with Crippen LogP contribution >= 0.6 is 0 Å². The summed E-state index contributed by atoms with van der Waals surface area (Å²) in [5.74, 6) is 0.0914. The minimum Gasteiger partial charge on any atom is -0.450 e. The third-order valence-corrected chi connectivity index (χ3v) is 3.44. The Morgan fingerprint density at radius 3 is 2.43 bits per heavy atom. The lowest BCUT2D eigenvalue weighted by molar-refractivity contribution is 0.105. The second-order valence-electron chi connectivity index (χ2n) is 4.71. The summed E-state index contributed by atoms with van der Waals surface area (Å²) in [5.41, 5.74) is 7.25. The first-order chi connectivity index (χ1) is 10.2. The van der Waals surface area contributed by atoms with Gasteiger partial charge in [0.2, 0.25) is 0 Å². The Bertz CT molecular complexity index is 507. The number of amides is 1. The van der Waals surface area contributed by atoms with Crippen LogP contribution in [0.5, 0.6) is 0 Å². The van der Waals surface area contributed by atoms with E-state index in [9.17, 15) is 4.79 Å². The largest absolute Gasteiger partial charge is 0.450 e. The quantitative estimate of drug-likeness (QED) is 0.376. The molecule has 1 amide bonds. The summed E-state index contributed by atoms with van der Waals surface area (Å²) in [7, 11) is 0. The lowest BCUT2D eigenvalue weighted by atomic mass is 10.1. The Labute approximate surface area is 123 Å². The predicted octanol–water partition coefficient (Wildman–Crippen LogP) is 1.06. The SMILES string of the molecule is CCOC(=O)N1CCN(c2ccc(C(N)=NO)cc2)CC1. The van der Waals surface area contributed by atoms with Gasteiger partial charge in [-0.05, 0) is 31.2 Å². The molecular weight excluding hydrogens is 272 g/mol. The molecule has 7 nitrogen and oxygen atoms in total. The van der Waals surface area contributed by atoms with Crippen molar-refractivity contribution in [1.82, 2.24) is 4.90 Å². The van der Waals surface area contributed by atoms with Gasteiger partial charge in [-0.3, -0.25) is 0 Å². The molecule has 0 atom stereocenters. The van der Waals surface area contributed by atoms with E-state index in [1.807, 2.05) is 24.3 Å². The zero-order chi connectivity index (χ0) is 15.2. The van der Waals surface area contributed by atoms with Crippen molar-refractivity contribution >= 4 is 17.6 Å². The molecule has 1 heterocycles. The van der Waals surface area contributed by atoms with Crippen LogP contribution in [0.2, 0.25) is 0 Å². The molecule has 0 saturated carbocycles. The molecule has 0 bridgehead atoms. The van der Waals surface area contributed by atoms with Crippen molar-refractivity contribution in [3.8, 4) is 0 Å². The maximum absolute atomic E-state index is 11.6. The van der Waals surface area contributed by atoms with Crippen LogP contribution in [-0.4, -0.2) is 54.8 Å². The van der Waals surface area contributed by atoms with Crippen molar-refractivity contribution in [3.63, 3.8) is 0 Å². The number of anilines is 1. The molecule has 1 aliphatic rings. The normalized spacial score (nSPS) is 16.0. The van der Waals surface area contributed by atoms with Gasteiger partial charge in [0.15, 0.2) is 5.84 Å². The first-order valence-corrected chi connectivity index (χ1v) is 6.90. The second kappa shape index (κ2) is 6.83. The zero-order valence-electron chi connectivity index (χ0n) is 12.0. The van der Waals surface area contributed by atoms with Gasteiger partial charge in [0.1, 0.15) is 0 Å². The molecular formula is C14H20N4O3. The molecule has 0 unspecified atom stereocenters. The fourth-order valence-electron chi connectivity index (χ4n) is 2.26. The summed E-state index contributed by atoms with van der Waals surface area (Å²) < 4.78 is 4.99. The Morgan fingerprint density at radius 2 is 1.90 bits per heavy atom. The Hall–Kier alpha value is -2.44. The van der Waals surface area contributed by atoms with E-state index in [1.165, 1.54) is 0 Å². The summed E-state index contributed by atoms with van der Waals surface area (Å²) in [6, 6.07) is 7.46. The minimum atomic E-state index is -0.251. The minimum absolute atomic E-state index is 0.0914. The average molecular weight is 292 g/mol. The topological polar surface area (TPSA) is 91.4 Å². The highest BCUT2D eigenvalue weighted by molar-refractivity contribution is 5.97. The first kappa shape index (κ1) is 15.0. The number of rotatable bonds is 3. The van der Waals surface area contributed by atoms with Crippen LogP contribution in [0.3, 0.4) is 0 Å². The van der Waals surface area contributed by atoms with E-state index in [-0.39, 0.29) is 11.9 Å². The van der Waals surface area contributed by atoms with E-state index in [0.29, 0.717) is 25.3 Å². The molecule has 1 fully saturated rings. The molecule has 0 spiro atoms. The van der Waals surface area contributed by atoms with Crippen molar-refractivity contribution in [2.45, 2.75) is 6.92 Å². The summed E-state index contributed by atoms with van der Waals surface area (Å²) in [4.78, 5) is 15.5. The Balaban J connectivity index is 1.94. The van der Waals surface area contributed by atoms with Crippen LogP contribution in [0.25, 0.3) is 0 Å². The van der Waals surface area contributed by atoms with Crippen LogP contribution < -0.4 is 10.6 Å². The molecule has 114 valence electrons. The molecule has 0 radical (unpaired) electrons.